The Morgan fingerprint density at radius 2 is 1.02 bits per heavy atom. The van der Waals surface area contributed by atoms with Crippen LogP contribution >= 0.6 is 0 Å². The fourth-order valence-electron chi connectivity index (χ4n) is 4.73. The van der Waals surface area contributed by atoms with E-state index in [-0.39, 0.29) is 49.5 Å². The van der Waals surface area contributed by atoms with Crippen LogP contribution in [0.15, 0.2) is 109 Å². The zero-order valence-electron chi connectivity index (χ0n) is 33.4. The lowest BCUT2D eigenvalue weighted by Gasteiger charge is -2.34. The minimum absolute atomic E-state index is 0.0216. The zero-order valence-corrected chi connectivity index (χ0v) is 33.4. The Morgan fingerprint density at radius 3 is 1.45 bits per heavy atom. The molecule has 0 bridgehead atoms. The first kappa shape index (κ1) is 49.0. The van der Waals surface area contributed by atoms with Crippen molar-refractivity contribution in [3.8, 4) is 0 Å². The van der Waals surface area contributed by atoms with Gasteiger partial charge in [-0.05, 0) is 70.6 Å². The summed E-state index contributed by atoms with van der Waals surface area (Å²) in [5.74, 6) is -1.99. The lowest BCUT2D eigenvalue weighted by atomic mass is 10.1. The van der Waals surface area contributed by atoms with Gasteiger partial charge in [0.25, 0.3) is 0 Å². The lowest BCUT2D eigenvalue weighted by molar-refractivity contribution is -0.889. The molecule has 0 rings (SSSR count). The first-order chi connectivity index (χ1) is 25.6. The number of allylic oxidation sites excluding steroid dienone is 17. The maximum atomic E-state index is 12.5. The first-order valence-electron chi connectivity index (χ1n) is 19.4. The second-order valence-corrected chi connectivity index (χ2v) is 13.4. The summed E-state index contributed by atoms with van der Waals surface area (Å²) in [6.45, 7) is 4.20. The molecule has 2 unspecified atom stereocenters. The molecule has 0 fully saturated rings. The van der Waals surface area contributed by atoms with E-state index in [1.165, 1.54) is 0 Å². The molecule has 0 aromatic heterocycles. The number of carbonyl (C=O) groups is 3. The van der Waals surface area contributed by atoms with Gasteiger partial charge in [0.1, 0.15) is 12.6 Å². The standard InChI is InChI=1S/C45H69NO7/c1-6-8-10-12-14-16-17-18-19-20-21-22-23-24-25-26-28-29-31-33-35-43(47)52-40-41(39-51-38-37-42(45(49)50)46(3,4)5)53-44(48)36-34-32-30-27-15-13-11-9-7-2/h8-11,14-16,18-19,21-22,24-25,27-29,32,34,41-42H,6-7,12-13,17,20,23,26,30-31,33,35-40H2,1-5H3/b10-8+,11-9+,16-14+,19-18+,22-21+,25-24+,27-15+,29-28+,34-32+. The smallest absolute Gasteiger partial charge is 0.310 e. The number of unbranched alkanes of at least 4 members (excludes halogenated alkanes) is 1. The van der Waals surface area contributed by atoms with Gasteiger partial charge in [0.15, 0.2) is 6.10 Å². The molecule has 8 nitrogen and oxygen atoms in total. The molecule has 53 heavy (non-hydrogen) atoms. The van der Waals surface area contributed by atoms with Crippen LogP contribution in [-0.2, 0) is 28.6 Å². The number of hydrogen-bond donors (Lipinski definition) is 0. The molecule has 0 heterocycles. The third-order valence-electron chi connectivity index (χ3n) is 7.69. The Balaban J connectivity index is 4.53. The van der Waals surface area contributed by atoms with E-state index in [1.54, 1.807) is 27.2 Å². The predicted molar refractivity (Wildman–Crippen MR) is 217 cm³/mol. The number of likely N-dealkylation sites (N-methyl/N-ethyl adjacent to an activating group) is 1. The Morgan fingerprint density at radius 1 is 0.585 bits per heavy atom. The first-order valence-corrected chi connectivity index (χ1v) is 19.4. The van der Waals surface area contributed by atoms with Crippen molar-refractivity contribution in [1.29, 1.82) is 0 Å². The molecule has 296 valence electrons. The van der Waals surface area contributed by atoms with Crippen molar-refractivity contribution in [2.24, 2.45) is 0 Å². The van der Waals surface area contributed by atoms with Crippen LogP contribution < -0.4 is 5.11 Å². The Hall–Kier alpha value is -4.01. The number of quaternary nitrogens is 1. The molecule has 0 aliphatic rings. The normalized spacial score (nSPS) is 14.2. The van der Waals surface area contributed by atoms with Crippen molar-refractivity contribution in [3.05, 3.63) is 109 Å². The summed E-state index contributed by atoms with van der Waals surface area (Å²) in [5, 5.41) is 11.6. The van der Waals surface area contributed by atoms with Gasteiger partial charge < -0.3 is 28.6 Å². The van der Waals surface area contributed by atoms with Gasteiger partial charge in [-0.25, -0.2) is 0 Å². The largest absolute Gasteiger partial charge is 0.544 e. The molecular formula is C45H69NO7. The van der Waals surface area contributed by atoms with Crippen LogP contribution in [-0.4, -0.2) is 75.5 Å². The van der Waals surface area contributed by atoms with Gasteiger partial charge in [0.2, 0.25) is 0 Å². The molecule has 2 atom stereocenters. The zero-order chi connectivity index (χ0) is 39.3. The summed E-state index contributed by atoms with van der Waals surface area (Å²) in [4.78, 5) is 36.5. The second kappa shape index (κ2) is 35.0. The minimum atomic E-state index is -1.15. The Labute approximate surface area is 321 Å². The van der Waals surface area contributed by atoms with Crippen LogP contribution in [0.4, 0.5) is 0 Å². The monoisotopic (exact) mass is 736 g/mol. The van der Waals surface area contributed by atoms with Crippen LogP contribution in [0.5, 0.6) is 0 Å². The molecular weight excluding hydrogens is 666 g/mol. The average molecular weight is 736 g/mol. The van der Waals surface area contributed by atoms with Crippen molar-refractivity contribution in [2.45, 2.75) is 116 Å². The highest BCUT2D eigenvalue weighted by Crippen LogP contribution is 2.09. The van der Waals surface area contributed by atoms with Gasteiger partial charge in [0.05, 0.1) is 46.7 Å². The van der Waals surface area contributed by atoms with Crippen LogP contribution in [0.25, 0.3) is 0 Å². The summed E-state index contributed by atoms with van der Waals surface area (Å²) in [5.41, 5.74) is 0. The third-order valence-corrected chi connectivity index (χ3v) is 7.69. The van der Waals surface area contributed by atoms with Crippen molar-refractivity contribution in [1.82, 2.24) is 0 Å². The Bertz CT molecular complexity index is 1230. The minimum Gasteiger partial charge on any atom is -0.544 e. The summed E-state index contributed by atoms with van der Waals surface area (Å²) >= 11 is 0. The number of carbonyl (C=O) groups excluding carboxylic acids is 3. The fourth-order valence-corrected chi connectivity index (χ4v) is 4.73. The molecule has 0 saturated carbocycles. The summed E-state index contributed by atoms with van der Waals surface area (Å²) < 4.78 is 16.9. The van der Waals surface area contributed by atoms with E-state index < -0.39 is 24.1 Å². The highest BCUT2D eigenvalue weighted by atomic mass is 16.6. The van der Waals surface area contributed by atoms with Crippen LogP contribution in [0.2, 0.25) is 0 Å². The second-order valence-electron chi connectivity index (χ2n) is 13.4. The predicted octanol–water partition coefficient (Wildman–Crippen LogP) is 8.79. The van der Waals surface area contributed by atoms with Gasteiger partial charge in [0, 0.05) is 12.8 Å². The molecule has 8 heteroatoms. The van der Waals surface area contributed by atoms with E-state index in [9.17, 15) is 19.5 Å². The number of esters is 2. The molecule has 0 radical (unpaired) electrons. The lowest BCUT2D eigenvalue weighted by Crippen LogP contribution is -2.55. The molecule has 0 N–H and O–H groups in total. The number of ether oxygens (including phenoxy) is 3. The summed E-state index contributed by atoms with van der Waals surface area (Å²) in [7, 11) is 5.33. The number of carboxylic acid groups (broad SMARTS) is 1. The van der Waals surface area contributed by atoms with Crippen molar-refractivity contribution < 1.29 is 38.2 Å². The van der Waals surface area contributed by atoms with Crippen molar-refractivity contribution in [3.63, 3.8) is 0 Å². The highest BCUT2D eigenvalue weighted by Gasteiger charge is 2.25. The molecule has 0 aliphatic carbocycles. The number of hydrogen-bond acceptors (Lipinski definition) is 7. The SMILES string of the molecule is CC/C=C/C/C=C/C/C=C/C/C=C/C/C=C/C/C=C/CCCC(=O)OCC(COCCC(C(=O)[O-])[N+](C)(C)C)OC(=O)C/C=C/C/C=C/C/C=C/CC. The van der Waals surface area contributed by atoms with Gasteiger partial charge in [-0.15, -0.1) is 0 Å². The van der Waals surface area contributed by atoms with E-state index >= 15 is 0 Å². The van der Waals surface area contributed by atoms with Crippen LogP contribution in [0.1, 0.15) is 104 Å². The van der Waals surface area contributed by atoms with Gasteiger partial charge in [-0.1, -0.05) is 123 Å². The van der Waals surface area contributed by atoms with E-state index in [0.29, 0.717) is 12.8 Å². The van der Waals surface area contributed by atoms with Crippen LogP contribution in [0.3, 0.4) is 0 Å². The van der Waals surface area contributed by atoms with Crippen molar-refractivity contribution >= 4 is 17.9 Å². The summed E-state index contributed by atoms with van der Waals surface area (Å²) in [6, 6.07) is -0.753. The van der Waals surface area contributed by atoms with Crippen LogP contribution in [0, 0.1) is 0 Å². The van der Waals surface area contributed by atoms with Gasteiger partial charge in [-0.3, -0.25) is 9.59 Å². The topological polar surface area (TPSA) is 102 Å². The average Bonchev–Trinajstić information content (AvgIpc) is 3.11. The number of carboxylic acids is 1. The van der Waals surface area contributed by atoms with Gasteiger partial charge in [-0.2, -0.15) is 0 Å². The van der Waals surface area contributed by atoms with E-state index in [4.69, 9.17) is 14.2 Å². The molecule has 0 aromatic rings. The molecule has 0 aliphatic heterocycles. The highest BCUT2D eigenvalue weighted by molar-refractivity contribution is 5.71. The molecule has 0 spiro atoms. The van der Waals surface area contributed by atoms with Crippen molar-refractivity contribution in [2.75, 3.05) is 41.0 Å². The molecule has 0 aromatic carbocycles. The number of rotatable bonds is 32. The number of nitrogens with zero attached hydrogens (tertiary/aromatic N) is 1. The van der Waals surface area contributed by atoms with E-state index in [0.717, 1.165) is 57.8 Å². The maximum absolute atomic E-state index is 12.5. The maximum Gasteiger partial charge on any atom is 0.310 e. The third kappa shape index (κ3) is 33.6. The molecule has 0 saturated heterocycles. The molecule has 0 amide bonds. The van der Waals surface area contributed by atoms with E-state index in [1.807, 2.05) is 12.2 Å². The van der Waals surface area contributed by atoms with Gasteiger partial charge >= 0.3 is 11.9 Å². The Kier molecular flexibility index (Phi) is 32.4. The quantitative estimate of drug-likeness (QED) is 0.0295. The number of aliphatic carboxylic acids is 1. The van der Waals surface area contributed by atoms with E-state index in [2.05, 4.69) is 105 Å². The summed E-state index contributed by atoms with van der Waals surface area (Å²) in [6.07, 6.45) is 47.4. The fraction of sp³-hybridized carbons (Fsp3) is 0.533.